The number of halogens is 2. The fourth-order valence-electron chi connectivity index (χ4n) is 2.52. The van der Waals surface area contributed by atoms with Gasteiger partial charge in [0.2, 0.25) is 0 Å². The molecule has 100 valence electrons. The van der Waals surface area contributed by atoms with E-state index in [9.17, 15) is 13.9 Å². The SMILES string of the molecule is OC1CCCC(CNCc2ccc(F)c(F)c2)C1. The Labute approximate surface area is 106 Å². The minimum Gasteiger partial charge on any atom is -0.393 e. The molecule has 0 heterocycles. The summed E-state index contributed by atoms with van der Waals surface area (Å²) in [7, 11) is 0. The first-order chi connectivity index (χ1) is 8.65. The summed E-state index contributed by atoms with van der Waals surface area (Å²) >= 11 is 0. The standard InChI is InChI=1S/C14H19F2NO/c15-13-5-4-11(7-14(13)16)9-17-8-10-2-1-3-12(18)6-10/h4-5,7,10,12,17-18H,1-3,6,8-9H2. The third kappa shape index (κ3) is 3.75. The predicted octanol–water partition coefficient (Wildman–Crippen LogP) is 2.61. The van der Waals surface area contributed by atoms with Gasteiger partial charge in [0.25, 0.3) is 0 Å². The van der Waals surface area contributed by atoms with Crippen LogP contribution in [0.1, 0.15) is 31.2 Å². The van der Waals surface area contributed by atoms with Gasteiger partial charge in [-0.1, -0.05) is 12.5 Å². The number of aliphatic hydroxyl groups is 1. The van der Waals surface area contributed by atoms with E-state index in [1.165, 1.54) is 6.07 Å². The maximum Gasteiger partial charge on any atom is 0.159 e. The van der Waals surface area contributed by atoms with Crippen LogP contribution >= 0.6 is 0 Å². The largest absolute Gasteiger partial charge is 0.393 e. The van der Waals surface area contributed by atoms with Crippen molar-refractivity contribution < 1.29 is 13.9 Å². The molecule has 0 aliphatic heterocycles. The van der Waals surface area contributed by atoms with E-state index < -0.39 is 11.6 Å². The average Bonchev–Trinajstić information content (AvgIpc) is 2.34. The van der Waals surface area contributed by atoms with E-state index in [0.717, 1.165) is 43.9 Å². The molecular weight excluding hydrogens is 236 g/mol. The first-order valence-corrected chi connectivity index (χ1v) is 6.48. The van der Waals surface area contributed by atoms with Gasteiger partial charge in [-0.3, -0.25) is 0 Å². The minimum absolute atomic E-state index is 0.172. The molecule has 0 amide bonds. The highest BCUT2D eigenvalue weighted by Gasteiger charge is 2.19. The number of benzene rings is 1. The van der Waals surface area contributed by atoms with E-state index in [-0.39, 0.29) is 6.10 Å². The highest BCUT2D eigenvalue weighted by atomic mass is 19.2. The molecule has 1 aliphatic carbocycles. The van der Waals surface area contributed by atoms with Crippen molar-refractivity contribution in [2.75, 3.05) is 6.54 Å². The Kier molecular flexibility index (Phi) is 4.66. The Morgan fingerprint density at radius 1 is 1.22 bits per heavy atom. The van der Waals surface area contributed by atoms with Gasteiger partial charge in [0.15, 0.2) is 11.6 Å². The summed E-state index contributed by atoms with van der Waals surface area (Å²) in [6.45, 7) is 1.35. The predicted molar refractivity (Wildman–Crippen MR) is 66.0 cm³/mol. The molecule has 2 unspecified atom stereocenters. The summed E-state index contributed by atoms with van der Waals surface area (Å²) in [4.78, 5) is 0. The zero-order valence-electron chi connectivity index (χ0n) is 10.3. The summed E-state index contributed by atoms with van der Waals surface area (Å²) in [5.41, 5.74) is 0.741. The highest BCUT2D eigenvalue weighted by Crippen LogP contribution is 2.23. The van der Waals surface area contributed by atoms with Gasteiger partial charge in [0, 0.05) is 6.54 Å². The number of nitrogens with one attached hydrogen (secondary N) is 1. The van der Waals surface area contributed by atoms with Gasteiger partial charge in [0.05, 0.1) is 6.10 Å². The normalized spacial score (nSPS) is 24.2. The van der Waals surface area contributed by atoms with E-state index in [1.54, 1.807) is 6.07 Å². The van der Waals surface area contributed by atoms with Crippen molar-refractivity contribution in [1.82, 2.24) is 5.32 Å². The molecule has 0 saturated heterocycles. The lowest BCUT2D eigenvalue weighted by atomic mass is 9.87. The lowest BCUT2D eigenvalue weighted by Gasteiger charge is -2.26. The quantitative estimate of drug-likeness (QED) is 0.866. The first-order valence-electron chi connectivity index (χ1n) is 6.48. The molecule has 1 aliphatic rings. The van der Waals surface area contributed by atoms with Crippen LogP contribution in [0, 0.1) is 17.6 Å². The van der Waals surface area contributed by atoms with E-state index in [2.05, 4.69) is 5.32 Å². The molecule has 1 aromatic rings. The molecule has 1 fully saturated rings. The Morgan fingerprint density at radius 2 is 2.06 bits per heavy atom. The van der Waals surface area contributed by atoms with Crippen LogP contribution in [0.15, 0.2) is 18.2 Å². The second-order valence-electron chi connectivity index (χ2n) is 5.07. The smallest absolute Gasteiger partial charge is 0.159 e. The minimum atomic E-state index is -0.811. The van der Waals surface area contributed by atoms with E-state index in [4.69, 9.17) is 0 Å². The van der Waals surface area contributed by atoms with Gasteiger partial charge in [-0.2, -0.15) is 0 Å². The summed E-state index contributed by atoms with van der Waals surface area (Å²) in [5, 5.41) is 12.8. The van der Waals surface area contributed by atoms with Gasteiger partial charge < -0.3 is 10.4 Å². The van der Waals surface area contributed by atoms with Crippen molar-refractivity contribution in [3.63, 3.8) is 0 Å². The van der Waals surface area contributed by atoms with Crippen molar-refractivity contribution in [3.05, 3.63) is 35.4 Å². The fourth-order valence-corrected chi connectivity index (χ4v) is 2.52. The van der Waals surface area contributed by atoms with Gasteiger partial charge in [-0.25, -0.2) is 8.78 Å². The molecule has 18 heavy (non-hydrogen) atoms. The molecule has 4 heteroatoms. The van der Waals surface area contributed by atoms with Gasteiger partial charge >= 0.3 is 0 Å². The Morgan fingerprint density at radius 3 is 2.78 bits per heavy atom. The number of aliphatic hydroxyl groups excluding tert-OH is 1. The first kappa shape index (κ1) is 13.4. The van der Waals surface area contributed by atoms with Crippen LogP contribution in [-0.2, 0) is 6.54 Å². The molecule has 1 saturated carbocycles. The maximum absolute atomic E-state index is 13.0. The molecule has 0 radical (unpaired) electrons. The van der Waals surface area contributed by atoms with Gasteiger partial charge in [-0.15, -0.1) is 0 Å². The summed E-state index contributed by atoms with van der Waals surface area (Å²) < 4.78 is 25.7. The summed E-state index contributed by atoms with van der Waals surface area (Å²) in [5.74, 6) is -1.13. The summed E-state index contributed by atoms with van der Waals surface area (Å²) in [6.07, 6.45) is 3.76. The van der Waals surface area contributed by atoms with Crippen molar-refractivity contribution >= 4 is 0 Å². The zero-order chi connectivity index (χ0) is 13.0. The Bertz CT molecular complexity index is 397. The van der Waals surface area contributed by atoms with Crippen molar-refractivity contribution in [2.45, 2.75) is 38.3 Å². The van der Waals surface area contributed by atoms with Crippen molar-refractivity contribution in [2.24, 2.45) is 5.92 Å². The van der Waals surface area contributed by atoms with Crippen molar-refractivity contribution in [3.8, 4) is 0 Å². The van der Waals surface area contributed by atoms with E-state index in [1.807, 2.05) is 0 Å². The van der Waals surface area contributed by atoms with Crippen LogP contribution in [0.4, 0.5) is 8.78 Å². The van der Waals surface area contributed by atoms with Crippen LogP contribution in [0.5, 0.6) is 0 Å². The molecule has 0 spiro atoms. The topological polar surface area (TPSA) is 32.3 Å². The second-order valence-corrected chi connectivity index (χ2v) is 5.07. The van der Waals surface area contributed by atoms with Crippen molar-refractivity contribution in [1.29, 1.82) is 0 Å². The molecule has 0 bridgehead atoms. The number of rotatable bonds is 4. The zero-order valence-corrected chi connectivity index (χ0v) is 10.3. The lowest BCUT2D eigenvalue weighted by molar-refractivity contribution is 0.101. The molecular formula is C14H19F2NO. The fraction of sp³-hybridized carbons (Fsp3) is 0.571. The molecule has 1 aromatic carbocycles. The van der Waals surface area contributed by atoms with Gasteiger partial charge in [-0.05, 0) is 49.4 Å². The van der Waals surface area contributed by atoms with Crippen LogP contribution < -0.4 is 5.32 Å². The molecule has 0 aromatic heterocycles. The highest BCUT2D eigenvalue weighted by molar-refractivity contribution is 5.17. The summed E-state index contributed by atoms with van der Waals surface area (Å²) in [6, 6.07) is 3.95. The molecule has 2 rings (SSSR count). The van der Waals surface area contributed by atoms with Crippen LogP contribution in [0.2, 0.25) is 0 Å². The van der Waals surface area contributed by atoms with Crippen LogP contribution in [-0.4, -0.2) is 17.8 Å². The molecule has 2 nitrogen and oxygen atoms in total. The third-order valence-electron chi connectivity index (χ3n) is 3.50. The average molecular weight is 255 g/mol. The number of hydrogen-bond acceptors (Lipinski definition) is 2. The van der Waals surface area contributed by atoms with E-state index in [0.29, 0.717) is 12.5 Å². The molecule has 2 N–H and O–H groups in total. The van der Waals surface area contributed by atoms with Crippen LogP contribution in [0.25, 0.3) is 0 Å². The van der Waals surface area contributed by atoms with Crippen LogP contribution in [0.3, 0.4) is 0 Å². The monoisotopic (exact) mass is 255 g/mol. The lowest BCUT2D eigenvalue weighted by Crippen LogP contribution is -2.28. The second kappa shape index (κ2) is 6.25. The Balaban J connectivity index is 1.76. The van der Waals surface area contributed by atoms with E-state index >= 15 is 0 Å². The number of hydrogen-bond donors (Lipinski definition) is 2. The maximum atomic E-state index is 13.0. The van der Waals surface area contributed by atoms with Gasteiger partial charge in [0.1, 0.15) is 0 Å². The molecule has 2 atom stereocenters. The third-order valence-corrected chi connectivity index (χ3v) is 3.50. The Hall–Kier alpha value is -1.00.